The third-order valence-electron chi connectivity index (χ3n) is 6.35. The highest BCUT2D eigenvalue weighted by Gasteiger charge is 2.43. The molecule has 5 nitrogen and oxygen atoms in total. The number of ether oxygens (including phenoxy) is 2. The van der Waals surface area contributed by atoms with Gasteiger partial charge in [-0.3, -0.25) is 0 Å². The van der Waals surface area contributed by atoms with Crippen LogP contribution in [0.15, 0.2) is 97.1 Å². The number of rotatable bonds is 8. The van der Waals surface area contributed by atoms with Crippen LogP contribution in [0.4, 0.5) is 0 Å². The lowest BCUT2D eigenvalue weighted by atomic mass is 9.65. The highest BCUT2D eigenvalue weighted by atomic mass is 16.6. The molecule has 0 aromatic heterocycles. The van der Waals surface area contributed by atoms with E-state index in [2.05, 4.69) is 0 Å². The molecular weight excluding hydrogens is 428 g/mol. The minimum Gasteiger partial charge on any atom is -0.508 e. The van der Waals surface area contributed by atoms with Crippen LogP contribution in [-0.4, -0.2) is 34.6 Å². The van der Waals surface area contributed by atoms with Crippen molar-refractivity contribution in [2.24, 2.45) is 0 Å². The minimum absolute atomic E-state index is 0.0656. The van der Waals surface area contributed by atoms with Gasteiger partial charge in [-0.05, 0) is 36.2 Å². The van der Waals surface area contributed by atoms with Crippen LogP contribution in [0.25, 0.3) is 0 Å². The third-order valence-corrected chi connectivity index (χ3v) is 6.35. The molecule has 5 heteroatoms. The van der Waals surface area contributed by atoms with Gasteiger partial charge in [-0.15, -0.1) is 0 Å². The van der Waals surface area contributed by atoms with Gasteiger partial charge in [0.1, 0.15) is 35.7 Å². The summed E-state index contributed by atoms with van der Waals surface area (Å²) in [7, 11) is 0. The summed E-state index contributed by atoms with van der Waals surface area (Å²) in [6.45, 7) is 1.08. The molecule has 0 radical (unpaired) electrons. The zero-order valence-electron chi connectivity index (χ0n) is 18.6. The molecule has 3 N–H and O–H groups in total. The molecule has 0 saturated carbocycles. The van der Waals surface area contributed by atoms with E-state index in [1.165, 1.54) is 0 Å². The molecule has 34 heavy (non-hydrogen) atoms. The van der Waals surface area contributed by atoms with E-state index in [1.807, 2.05) is 60.7 Å². The summed E-state index contributed by atoms with van der Waals surface area (Å²) < 4.78 is 11.5. The fourth-order valence-electron chi connectivity index (χ4n) is 4.63. The molecule has 1 fully saturated rings. The van der Waals surface area contributed by atoms with Gasteiger partial charge >= 0.3 is 0 Å². The number of hydrogen-bond donors (Lipinski definition) is 3. The molecule has 1 atom stereocenters. The van der Waals surface area contributed by atoms with Crippen molar-refractivity contribution < 1.29 is 24.8 Å². The summed E-state index contributed by atoms with van der Waals surface area (Å²) in [5, 5.41) is 33.0. The predicted octanol–water partition coefficient (Wildman–Crippen LogP) is 5.16. The average molecular weight is 455 g/mol. The first kappa shape index (κ1) is 21.9. The molecule has 1 heterocycles. The number of hydrogen-bond acceptors (Lipinski definition) is 5. The molecule has 172 valence electrons. The van der Waals surface area contributed by atoms with Crippen molar-refractivity contribution in [3.8, 4) is 23.0 Å². The monoisotopic (exact) mass is 454 g/mol. The van der Waals surface area contributed by atoms with Crippen molar-refractivity contribution in [1.82, 2.24) is 0 Å². The van der Waals surface area contributed by atoms with E-state index >= 15 is 0 Å². The van der Waals surface area contributed by atoms with E-state index in [1.54, 1.807) is 36.4 Å². The minimum atomic E-state index is -1.07. The summed E-state index contributed by atoms with van der Waals surface area (Å²) in [6, 6.07) is 29.0. The summed E-state index contributed by atoms with van der Waals surface area (Å²) in [5.41, 5.74) is 1.56. The number of phenolic OH excluding ortho intramolecular Hbond substituents is 3. The van der Waals surface area contributed by atoms with Crippen LogP contribution < -0.4 is 4.74 Å². The number of epoxide rings is 1. The van der Waals surface area contributed by atoms with Crippen LogP contribution in [0.5, 0.6) is 23.0 Å². The van der Waals surface area contributed by atoms with Crippen LogP contribution in [0.2, 0.25) is 0 Å². The molecule has 1 aliphatic heterocycles. The van der Waals surface area contributed by atoms with Crippen LogP contribution in [0.1, 0.15) is 22.3 Å². The first-order valence-electron chi connectivity index (χ1n) is 11.3. The van der Waals surface area contributed by atoms with E-state index in [4.69, 9.17) is 9.47 Å². The maximum atomic E-state index is 11.1. The molecule has 4 aromatic rings. The highest BCUT2D eigenvalue weighted by molar-refractivity contribution is 5.63. The molecule has 0 bridgehead atoms. The molecule has 1 aliphatic rings. The second-order valence-electron chi connectivity index (χ2n) is 8.51. The maximum Gasteiger partial charge on any atom is 0.123 e. The number of aromatic hydroxyl groups is 3. The van der Waals surface area contributed by atoms with Gasteiger partial charge in [0.2, 0.25) is 0 Å². The van der Waals surface area contributed by atoms with E-state index in [9.17, 15) is 15.3 Å². The maximum absolute atomic E-state index is 11.1. The Kier molecular flexibility index (Phi) is 5.86. The largest absolute Gasteiger partial charge is 0.508 e. The molecule has 0 unspecified atom stereocenters. The van der Waals surface area contributed by atoms with Crippen LogP contribution in [0, 0.1) is 0 Å². The smallest absolute Gasteiger partial charge is 0.123 e. The lowest BCUT2D eigenvalue weighted by molar-refractivity contribution is 0.258. The van der Waals surface area contributed by atoms with E-state index in [0.29, 0.717) is 35.7 Å². The average Bonchev–Trinajstić information content (AvgIpc) is 3.68. The molecule has 0 spiro atoms. The standard InChI is InChI=1S/C29H26O5/c30-25-13-5-1-9-20(25)17-29(22-10-2-6-14-26(22)31,23-11-3-7-15-27(23)32)24-12-4-8-16-28(24)34-19-21-18-33-21/h1-16,21,30-32H,17-19H2/t21-/m0/s1. The molecule has 0 amide bonds. The zero-order valence-corrected chi connectivity index (χ0v) is 18.6. The Morgan fingerprint density at radius 3 is 1.74 bits per heavy atom. The van der Waals surface area contributed by atoms with Gasteiger partial charge in [-0.25, -0.2) is 0 Å². The van der Waals surface area contributed by atoms with Crippen LogP contribution in [0.3, 0.4) is 0 Å². The van der Waals surface area contributed by atoms with Gasteiger partial charge in [0.25, 0.3) is 0 Å². The van der Waals surface area contributed by atoms with Crippen molar-refractivity contribution >= 4 is 0 Å². The van der Waals surface area contributed by atoms with Gasteiger partial charge in [0.05, 0.1) is 12.0 Å². The second-order valence-corrected chi connectivity index (χ2v) is 8.51. The number of benzene rings is 4. The number of phenols is 3. The van der Waals surface area contributed by atoms with Gasteiger partial charge in [0, 0.05) is 16.7 Å². The van der Waals surface area contributed by atoms with E-state index < -0.39 is 5.41 Å². The fourth-order valence-corrected chi connectivity index (χ4v) is 4.63. The van der Waals surface area contributed by atoms with Crippen molar-refractivity contribution in [3.05, 3.63) is 119 Å². The Morgan fingerprint density at radius 1 is 0.676 bits per heavy atom. The first-order chi connectivity index (χ1) is 16.6. The Bertz CT molecular complexity index is 1250. The summed E-state index contributed by atoms with van der Waals surface area (Å²) >= 11 is 0. The highest BCUT2D eigenvalue weighted by Crippen LogP contribution is 2.51. The van der Waals surface area contributed by atoms with Crippen LogP contribution in [-0.2, 0) is 16.6 Å². The molecular formula is C29H26O5. The summed E-state index contributed by atoms with van der Waals surface area (Å²) in [4.78, 5) is 0. The lowest BCUT2D eigenvalue weighted by Gasteiger charge is -2.38. The van der Waals surface area contributed by atoms with Crippen molar-refractivity contribution in [3.63, 3.8) is 0 Å². The van der Waals surface area contributed by atoms with Gasteiger partial charge < -0.3 is 24.8 Å². The molecule has 5 rings (SSSR count). The molecule has 0 aliphatic carbocycles. The van der Waals surface area contributed by atoms with E-state index in [0.717, 1.165) is 5.56 Å². The topological polar surface area (TPSA) is 82.5 Å². The van der Waals surface area contributed by atoms with Crippen molar-refractivity contribution in [2.45, 2.75) is 17.9 Å². The number of para-hydroxylation sites is 4. The first-order valence-corrected chi connectivity index (χ1v) is 11.3. The van der Waals surface area contributed by atoms with Crippen LogP contribution >= 0.6 is 0 Å². The second kappa shape index (κ2) is 9.12. The van der Waals surface area contributed by atoms with Gasteiger partial charge in [-0.1, -0.05) is 72.8 Å². The van der Waals surface area contributed by atoms with Crippen molar-refractivity contribution in [1.29, 1.82) is 0 Å². The lowest BCUT2D eigenvalue weighted by Crippen LogP contribution is -2.33. The molecule has 4 aromatic carbocycles. The Labute approximate surface area is 198 Å². The summed E-state index contributed by atoms with van der Waals surface area (Å²) in [5.74, 6) is 0.936. The van der Waals surface area contributed by atoms with E-state index in [-0.39, 0.29) is 29.8 Å². The Balaban J connectivity index is 1.82. The SMILES string of the molecule is Oc1ccccc1CC(c1ccccc1O)(c1ccccc1O)c1ccccc1OC[C@@H]1CO1. The van der Waals surface area contributed by atoms with Gasteiger partial charge in [0.15, 0.2) is 0 Å². The fraction of sp³-hybridized carbons (Fsp3) is 0.172. The normalized spacial score (nSPS) is 15.1. The third kappa shape index (κ3) is 4.06. The Hall–Kier alpha value is -3.96. The molecule has 1 saturated heterocycles. The predicted molar refractivity (Wildman–Crippen MR) is 130 cm³/mol. The zero-order chi connectivity index (χ0) is 23.5. The Morgan fingerprint density at radius 2 is 1.18 bits per heavy atom. The van der Waals surface area contributed by atoms with Crippen molar-refractivity contribution in [2.75, 3.05) is 13.2 Å². The summed E-state index contributed by atoms with van der Waals surface area (Å²) in [6.07, 6.45) is 0.339. The quantitative estimate of drug-likeness (QED) is 0.253. The van der Waals surface area contributed by atoms with Gasteiger partial charge in [-0.2, -0.15) is 0 Å².